The van der Waals surface area contributed by atoms with Crippen molar-refractivity contribution < 1.29 is 9.53 Å². The molecule has 0 spiro atoms. The minimum Gasteiger partial charge on any atom is -0.362 e. The Bertz CT molecular complexity index is 257. The Labute approximate surface area is 72.6 Å². The Hall–Kier alpha value is -0.630. The van der Waals surface area contributed by atoms with Gasteiger partial charge in [-0.15, -0.1) is 0 Å². The largest absolute Gasteiger partial charge is 0.362 e. The predicted octanol–water partition coefficient (Wildman–Crippen LogP) is 1.55. The number of ketones is 1. The maximum absolute atomic E-state index is 11.7. The van der Waals surface area contributed by atoms with Gasteiger partial charge in [0.05, 0.1) is 11.7 Å². The molecule has 2 aliphatic heterocycles. The zero-order valence-electron chi connectivity index (χ0n) is 7.70. The molecule has 0 aromatic carbocycles. The Morgan fingerprint density at radius 3 is 2.83 bits per heavy atom. The summed E-state index contributed by atoms with van der Waals surface area (Å²) in [6.45, 7) is 5.88. The van der Waals surface area contributed by atoms with Gasteiger partial charge in [0.2, 0.25) is 0 Å². The zero-order chi connectivity index (χ0) is 8.93. The summed E-state index contributed by atoms with van der Waals surface area (Å²) in [5.74, 6) is 0.369. The van der Waals surface area contributed by atoms with Crippen LogP contribution in [-0.4, -0.2) is 17.5 Å². The van der Waals surface area contributed by atoms with Gasteiger partial charge in [0.15, 0.2) is 0 Å². The van der Waals surface area contributed by atoms with Crippen molar-refractivity contribution in [3.05, 3.63) is 12.2 Å². The first-order valence-corrected chi connectivity index (χ1v) is 4.45. The van der Waals surface area contributed by atoms with Gasteiger partial charge in [0.1, 0.15) is 5.78 Å². The number of ether oxygens (including phenoxy) is 1. The van der Waals surface area contributed by atoms with E-state index in [0.29, 0.717) is 5.78 Å². The van der Waals surface area contributed by atoms with Crippen LogP contribution in [0.2, 0.25) is 0 Å². The first kappa shape index (κ1) is 7.99. The number of hydrogen-bond donors (Lipinski definition) is 0. The molecule has 0 aromatic rings. The lowest BCUT2D eigenvalue weighted by Gasteiger charge is -2.38. The molecule has 1 saturated heterocycles. The highest BCUT2D eigenvalue weighted by Crippen LogP contribution is 2.40. The van der Waals surface area contributed by atoms with Crippen molar-refractivity contribution in [2.75, 3.05) is 0 Å². The van der Waals surface area contributed by atoms with E-state index in [0.717, 1.165) is 0 Å². The minimum atomic E-state index is -0.325. The van der Waals surface area contributed by atoms with E-state index in [-0.39, 0.29) is 23.5 Å². The number of hydrogen-bond acceptors (Lipinski definition) is 2. The smallest absolute Gasteiger partial charge is 0.144 e. The van der Waals surface area contributed by atoms with E-state index in [1.165, 1.54) is 0 Å². The second-order valence-electron chi connectivity index (χ2n) is 4.04. The molecule has 2 heterocycles. The maximum atomic E-state index is 11.7. The first-order valence-electron chi connectivity index (χ1n) is 4.45. The molecule has 0 radical (unpaired) electrons. The highest BCUT2D eigenvalue weighted by Gasteiger charge is 2.48. The van der Waals surface area contributed by atoms with Crippen molar-refractivity contribution in [3.8, 4) is 0 Å². The van der Waals surface area contributed by atoms with Crippen molar-refractivity contribution in [1.29, 1.82) is 0 Å². The summed E-state index contributed by atoms with van der Waals surface area (Å²) in [5, 5.41) is 0. The third kappa shape index (κ3) is 0.816. The molecule has 2 nitrogen and oxygen atoms in total. The number of rotatable bonds is 0. The molecule has 0 aromatic heterocycles. The van der Waals surface area contributed by atoms with Crippen molar-refractivity contribution in [1.82, 2.24) is 0 Å². The molecular weight excluding hydrogens is 152 g/mol. The van der Waals surface area contributed by atoms with Crippen LogP contribution in [0.5, 0.6) is 0 Å². The zero-order valence-corrected chi connectivity index (χ0v) is 7.70. The number of carbonyl (C=O) groups excluding carboxylic acids is 1. The second-order valence-corrected chi connectivity index (χ2v) is 4.04. The van der Waals surface area contributed by atoms with Gasteiger partial charge >= 0.3 is 0 Å². The van der Waals surface area contributed by atoms with Crippen molar-refractivity contribution in [2.45, 2.75) is 32.5 Å². The van der Waals surface area contributed by atoms with Crippen molar-refractivity contribution in [2.24, 2.45) is 11.8 Å². The Kier molecular flexibility index (Phi) is 1.46. The molecule has 2 heteroatoms. The molecule has 2 rings (SSSR count). The highest BCUT2D eigenvalue weighted by molar-refractivity contribution is 5.86. The average molecular weight is 166 g/mol. The van der Waals surface area contributed by atoms with Gasteiger partial charge in [-0.3, -0.25) is 4.79 Å². The fraction of sp³-hybridized carbons (Fsp3) is 0.700. The molecule has 0 aliphatic carbocycles. The summed E-state index contributed by atoms with van der Waals surface area (Å²) < 4.78 is 5.75. The third-order valence-electron chi connectivity index (χ3n) is 3.24. The molecule has 2 aliphatic rings. The SMILES string of the molecule is C[C@@H]1C(=O)[C@H](C)[C@]2(C)C=C[C@H]1O2. The van der Waals surface area contributed by atoms with Crippen LogP contribution in [-0.2, 0) is 9.53 Å². The van der Waals surface area contributed by atoms with E-state index < -0.39 is 0 Å². The number of carbonyl (C=O) groups is 1. The summed E-state index contributed by atoms with van der Waals surface area (Å²) in [7, 11) is 0. The predicted molar refractivity (Wildman–Crippen MR) is 45.8 cm³/mol. The summed E-state index contributed by atoms with van der Waals surface area (Å²) >= 11 is 0. The van der Waals surface area contributed by atoms with Crippen LogP contribution in [0.3, 0.4) is 0 Å². The third-order valence-corrected chi connectivity index (χ3v) is 3.24. The fourth-order valence-electron chi connectivity index (χ4n) is 2.01. The second kappa shape index (κ2) is 2.19. The van der Waals surface area contributed by atoms with Gasteiger partial charge in [0, 0.05) is 11.8 Å². The van der Waals surface area contributed by atoms with Crippen LogP contribution in [0.1, 0.15) is 20.8 Å². The summed E-state index contributed by atoms with van der Waals surface area (Å²) in [5.41, 5.74) is -0.325. The van der Waals surface area contributed by atoms with Crippen LogP contribution in [0.25, 0.3) is 0 Å². The standard InChI is InChI=1S/C10H14O2/c1-6-8-4-5-10(3,12-8)7(2)9(6)11/h4-8H,1-3H3/t6-,7-,8+,10-/m0/s1. The van der Waals surface area contributed by atoms with Crippen molar-refractivity contribution >= 4 is 5.78 Å². The number of fused-ring (bicyclic) bond motifs is 2. The van der Waals surface area contributed by atoms with E-state index in [9.17, 15) is 4.79 Å². The fourth-order valence-corrected chi connectivity index (χ4v) is 2.01. The number of Topliss-reactive ketones (excluding diaryl/α,β-unsaturated/α-hetero) is 1. The molecule has 66 valence electrons. The molecular formula is C10H14O2. The summed E-state index contributed by atoms with van der Waals surface area (Å²) in [4.78, 5) is 11.7. The minimum absolute atomic E-state index is 0.00231. The van der Waals surface area contributed by atoms with Gasteiger partial charge < -0.3 is 4.74 Å². The quantitative estimate of drug-likeness (QED) is 0.510. The molecule has 0 amide bonds. The molecule has 4 atom stereocenters. The van der Waals surface area contributed by atoms with Crippen LogP contribution in [0.4, 0.5) is 0 Å². The van der Waals surface area contributed by atoms with Crippen LogP contribution in [0.15, 0.2) is 12.2 Å². The summed E-state index contributed by atoms with van der Waals surface area (Å²) in [6.07, 6.45) is 4.08. The van der Waals surface area contributed by atoms with Gasteiger partial charge in [-0.05, 0) is 6.92 Å². The summed E-state index contributed by atoms with van der Waals surface area (Å²) in [6, 6.07) is 0. The molecule has 0 unspecified atom stereocenters. The van der Waals surface area contributed by atoms with Gasteiger partial charge in [-0.2, -0.15) is 0 Å². The van der Waals surface area contributed by atoms with E-state index in [1.807, 2.05) is 32.9 Å². The molecule has 0 N–H and O–H groups in total. The molecule has 1 fully saturated rings. The Balaban J connectivity index is 2.38. The Morgan fingerprint density at radius 2 is 2.17 bits per heavy atom. The molecule has 2 bridgehead atoms. The lowest BCUT2D eigenvalue weighted by Crippen LogP contribution is -2.48. The first-order chi connectivity index (χ1) is 5.54. The van der Waals surface area contributed by atoms with Crippen LogP contribution in [0, 0.1) is 11.8 Å². The van der Waals surface area contributed by atoms with Gasteiger partial charge in [-0.1, -0.05) is 26.0 Å². The lowest BCUT2D eigenvalue weighted by atomic mass is 9.81. The molecule has 12 heavy (non-hydrogen) atoms. The van der Waals surface area contributed by atoms with Crippen molar-refractivity contribution in [3.63, 3.8) is 0 Å². The topological polar surface area (TPSA) is 26.3 Å². The van der Waals surface area contributed by atoms with E-state index >= 15 is 0 Å². The monoisotopic (exact) mass is 166 g/mol. The average Bonchev–Trinajstić information content (AvgIpc) is 2.41. The normalized spacial score (nSPS) is 51.6. The highest BCUT2D eigenvalue weighted by atomic mass is 16.5. The van der Waals surface area contributed by atoms with E-state index in [1.54, 1.807) is 0 Å². The van der Waals surface area contributed by atoms with Gasteiger partial charge in [-0.25, -0.2) is 0 Å². The maximum Gasteiger partial charge on any atom is 0.144 e. The molecule has 0 saturated carbocycles. The van der Waals surface area contributed by atoms with Gasteiger partial charge in [0.25, 0.3) is 0 Å². The van der Waals surface area contributed by atoms with E-state index in [4.69, 9.17) is 4.74 Å². The Morgan fingerprint density at radius 1 is 1.50 bits per heavy atom. The lowest BCUT2D eigenvalue weighted by molar-refractivity contribution is -0.155. The van der Waals surface area contributed by atoms with E-state index in [2.05, 4.69) is 0 Å². The van der Waals surface area contributed by atoms with Crippen LogP contribution < -0.4 is 0 Å². The van der Waals surface area contributed by atoms with Crippen LogP contribution >= 0.6 is 0 Å².